The molecule has 0 spiro atoms. The van der Waals surface area contributed by atoms with Gasteiger partial charge in [0.25, 0.3) is 5.91 Å². The van der Waals surface area contributed by atoms with Crippen molar-refractivity contribution in [3.8, 4) is 6.01 Å². The lowest BCUT2D eigenvalue weighted by Crippen LogP contribution is -2.51. The summed E-state index contributed by atoms with van der Waals surface area (Å²) in [6.07, 6.45) is -0.264. The molecule has 1 fully saturated rings. The Hall–Kier alpha value is -2.41. The number of morpholine rings is 1. The topological polar surface area (TPSA) is 69.5 Å². The summed E-state index contributed by atoms with van der Waals surface area (Å²) in [6, 6.07) is 10.3. The van der Waals surface area contributed by atoms with E-state index in [-0.39, 0.29) is 29.4 Å². The molecule has 140 valence electrons. The number of nitrogens with zero attached hydrogens (tertiary/aromatic N) is 4. The third kappa shape index (κ3) is 3.72. The van der Waals surface area contributed by atoms with Crippen LogP contribution in [0.5, 0.6) is 6.01 Å². The van der Waals surface area contributed by atoms with Crippen molar-refractivity contribution in [3.63, 3.8) is 0 Å². The van der Waals surface area contributed by atoms with Gasteiger partial charge in [-0.2, -0.15) is 4.98 Å². The Morgan fingerprint density at radius 2 is 1.92 bits per heavy atom. The van der Waals surface area contributed by atoms with E-state index in [1.54, 1.807) is 11.9 Å². The van der Waals surface area contributed by atoms with Gasteiger partial charge in [-0.3, -0.25) is 4.79 Å². The van der Waals surface area contributed by atoms with E-state index in [0.29, 0.717) is 19.1 Å². The standard InChI is InChI=1S/C19H26N4O3/c1-19(2,3)15-12-23(11-14(26-15)13-9-7-6-8-10-13)17(24)16-20-18(25-5)22(4)21-16/h6-10,14-15H,11-12H2,1-5H3/t14-,15+/m0/s1. The third-order valence-electron chi connectivity index (χ3n) is 4.62. The van der Waals surface area contributed by atoms with E-state index >= 15 is 0 Å². The third-order valence-corrected chi connectivity index (χ3v) is 4.62. The van der Waals surface area contributed by atoms with Crippen LogP contribution in [0.3, 0.4) is 0 Å². The maximum Gasteiger partial charge on any atom is 0.314 e. The van der Waals surface area contributed by atoms with Gasteiger partial charge < -0.3 is 14.4 Å². The lowest BCUT2D eigenvalue weighted by molar-refractivity contribution is -0.119. The van der Waals surface area contributed by atoms with E-state index < -0.39 is 0 Å². The fourth-order valence-corrected chi connectivity index (χ4v) is 3.03. The first kappa shape index (κ1) is 18.4. The minimum absolute atomic E-state index is 0.0870. The van der Waals surface area contributed by atoms with E-state index in [1.807, 2.05) is 30.3 Å². The molecule has 2 heterocycles. The van der Waals surface area contributed by atoms with Crippen LogP contribution >= 0.6 is 0 Å². The summed E-state index contributed by atoms with van der Waals surface area (Å²) in [5, 5.41) is 4.19. The van der Waals surface area contributed by atoms with Crippen LogP contribution in [0.4, 0.5) is 0 Å². The molecular weight excluding hydrogens is 332 g/mol. The molecule has 1 aliphatic rings. The molecule has 1 aromatic heterocycles. The van der Waals surface area contributed by atoms with Crippen LogP contribution in [0, 0.1) is 5.41 Å². The molecule has 1 amide bonds. The fraction of sp³-hybridized carbons (Fsp3) is 0.526. The van der Waals surface area contributed by atoms with Crippen molar-refractivity contribution in [1.82, 2.24) is 19.7 Å². The second-order valence-electron chi connectivity index (χ2n) is 7.65. The zero-order valence-corrected chi connectivity index (χ0v) is 16.0. The monoisotopic (exact) mass is 358 g/mol. The highest BCUT2D eigenvalue weighted by atomic mass is 16.5. The van der Waals surface area contributed by atoms with Gasteiger partial charge in [-0.1, -0.05) is 51.1 Å². The van der Waals surface area contributed by atoms with E-state index in [4.69, 9.17) is 9.47 Å². The molecule has 0 bridgehead atoms. The molecule has 1 saturated heterocycles. The Bertz CT molecular complexity index is 767. The summed E-state index contributed by atoms with van der Waals surface area (Å²) in [5.41, 5.74) is 0.965. The van der Waals surface area contributed by atoms with Crippen LogP contribution in [0.1, 0.15) is 43.1 Å². The minimum Gasteiger partial charge on any atom is -0.467 e. The van der Waals surface area contributed by atoms with Gasteiger partial charge in [-0.15, -0.1) is 5.10 Å². The Kier molecular flexibility index (Phi) is 5.00. The van der Waals surface area contributed by atoms with Crippen molar-refractivity contribution in [2.45, 2.75) is 33.0 Å². The predicted octanol–water partition coefficient (Wildman–Crippen LogP) is 2.45. The van der Waals surface area contributed by atoms with Crippen LogP contribution in [-0.4, -0.2) is 51.9 Å². The zero-order valence-electron chi connectivity index (χ0n) is 16.0. The molecule has 2 aromatic rings. The van der Waals surface area contributed by atoms with E-state index in [9.17, 15) is 4.79 Å². The number of aryl methyl sites for hydroxylation is 1. The maximum absolute atomic E-state index is 13.0. The number of ether oxygens (including phenoxy) is 2. The number of hydrogen-bond acceptors (Lipinski definition) is 5. The fourth-order valence-electron chi connectivity index (χ4n) is 3.03. The minimum atomic E-state index is -0.206. The van der Waals surface area contributed by atoms with Gasteiger partial charge in [0.1, 0.15) is 6.10 Å². The van der Waals surface area contributed by atoms with Gasteiger partial charge in [0.15, 0.2) is 0 Å². The number of carbonyl (C=O) groups is 1. The average molecular weight is 358 g/mol. The second-order valence-corrected chi connectivity index (χ2v) is 7.65. The summed E-state index contributed by atoms with van der Waals surface area (Å²) < 4.78 is 12.9. The number of aromatic nitrogens is 3. The molecule has 0 saturated carbocycles. The van der Waals surface area contributed by atoms with E-state index in [1.165, 1.54) is 11.8 Å². The number of carbonyl (C=O) groups excluding carboxylic acids is 1. The Morgan fingerprint density at radius 1 is 1.23 bits per heavy atom. The lowest BCUT2D eigenvalue weighted by Gasteiger charge is -2.43. The van der Waals surface area contributed by atoms with Crippen molar-refractivity contribution >= 4 is 5.91 Å². The van der Waals surface area contributed by atoms with Crippen molar-refractivity contribution < 1.29 is 14.3 Å². The highest BCUT2D eigenvalue weighted by Gasteiger charge is 2.38. The largest absolute Gasteiger partial charge is 0.467 e. The van der Waals surface area contributed by atoms with E-state index in [2.05, 4.69) is 30.9 Å². The molecule has 7 heteroatoms. The SMILES string of the molecule is COc1nc(C(=O)N2C[C@@H](c3ccccc3)O[C@@H](C(C)(C)C)C2)nn1C. The Morgan fingerprint density at radius 3 is 2.50 bits per heavy atom. The second kappa shape index (κ2) is 7.07. The highest BCUT2D eigenvalue weighted by Crippen LogP contribution is 2.33. The van der Waals surface area contributed by atoms with Crippen molar-refractivity contribution in [2.75, 3.05) is 20.2 Å². The van der Waals surface area contributed by atoms with Crippen molar-refractivity contribution in [1.29, 1.82) is 0 Å². The summed E-state index contributed by atoms with van der Waals surface area (Å²) in [6.45, 7) is 7.34. The summed E-state index contributed by atoms with van der Waals surface area (Å²) in [4.78, 5) is 19.0. The average Bonchev–Trinajstić information content (AvgIpc) is 3.01. The number of methoxy groups -OCH3 is 1. The number of rotatable bonds is 3. The molecule has 3 rings (SSSR count). The van der Waals surface area contributed by atoms with Gasteiger partial charge in [-0.25, -0.2) is 4.68 Å². The van der Waals surface area contributed by atoms with Gasteiger partial charge in [-0.05, 0) is 11.0 Å². The summed E-state index contributed by atoms with van der Waals surface area (Å²) in [5.74, 6) is -0.0619. The first-order valence-electron chi connectivity index (χ1n) is 8.74. The maximum atomic E-state index is 13.0. The quantitative estimate of drug-likeness (QED) is 0.843. The van der Waals surface area contributed by atoms with Crippen LogP contribution in [0.15, 0.2) is 30.3 Å². The molecule has 0 unspecified atom stereocenters. The van der Waals surface area contributed by atoms with Crippen LogP contribution < -0.4 is 4.74 Å². The Balaban J connectivity index is 1.88. The molecule has 2 atom stereocenters. The lowest BCUT2D eigenvalue weighted by atomic mass is 9.87. The zero-order chi connectivity index (χ0) is 18.9. The van der Waals surface area contributed by atoms with Gasteiger partial charge in [0.2, 0.25) is 5.82 Å². The summed E-state index contributed by atoms with van der Waals surface area (Å²) in [7, 11) is 3.21. The number of hydrogen-bond donors (Lipinski definition) is 0. The first-order valence-corrected chi connectivity index (χ1v) is 8.74. The molecule has 26 heavy (non-hydrogen) atoms. The van der Waals surface area contributed by atoms with Gasteiger partial charge in [0.05, 0.1) is 19.8 Å². The molecule has 7 nitrogen and oxygen atoms in total. The molecule has 0 radical (unpaired) electrons. The van der Waals surface area contributed by atoms with Crippen LogP contribution in [-0.2, 0) is 11.8 Å². The highest BCUT2D eigenvalue weighted by molar-refractivity contribution is 5.90. The normalized spacial score (nSPS) is 20.9. The summed E-state index contributed by atoms with van der Waals surface area (Å²) >= 11 is 0. The molecular formula is C19H26N4O3. The van der Waals surface area contributed by atoms with Crippen molar-refractivity contribution in [3.05, 3.63) is 41.7 Å². The van der Waals surface area contributed by atoms with E-state index in [0.717, 1.165) is 5.56 Å². The van der Waals surface area contributed by atoms with Crippen LogP contribution in [0.2, 0.25) is 0 Å². The smallest absolute Gasteiger partial charge is 0.314 e. The first-order chi connectivity index (χ1) is 12.3. The van der Waals surface area contributed by atoms with Crippen LogP contribution in [0.25, 0.3) is 0 Å². The molecule has 0 N–H and O–H groups in total. The number of amides is 1. The van der Waals surface area contributed by atoms with Gasteiger partial charge >= 0.3 is 6.01 Å². The predicted molar refractivity (Wildman–Crippen MR) is 97.0 cm³/mol. The molecule has 1 aliphatic heterocycles. The Labute approximate surface area is 153 Å². The molecule has 1 aromatic carbocycles. The molecule has 0 aliphatic carbocycles. The van der Waals surface area contributed by atoms with Gasteiger partial charge in [0, 0.05) is 13.6 Å². The van der Waals surface area contributed by atoms with Crippen molar-refractivity contribution in [2.24, 2.45) is 12.5 Å². The number of benzene rings is 1.